The van der Waals surface area contributed by atoms with Gasteiger partial charge < -0.3 is 10.0 Å². The summed E-state index contributed by atoms with van der Waals surface area (Å²) >= 11 is 0. The molecule has 1 rings (SSSR count). The fraction of sp³-hybridized carbons (Fsp3) is 0.500. The number of rotatable bonds is 0. The molecule has 1 N–H and O–H groups in total. The third kappa shape index (κ3) is 1.32. The van der Waals surface area contributed by atoms with Crippen LogP contribution in [0.15, 0.2) is 17.0 Å². The number of aliphatic hydroxyl groups is 1. The summed E-state index contributed by atoms with van der Waals surface area (Å²) in [5.74, 6) is -0.190. The molecule has 0 saturated carbocycles. The van der Waals surface area contributed by atoms with Crippen molar-refractivity contribution in [2.45, 2.75) is 6.92 Å². The average Bonchev–Trinajstić information content (AvgIpc) is 2.00. The molecule has 12 heavy (non-hydrogen) atoms. The van der Waals surface area contributed by atoms with Gasteiger partial charge in [0.15, 0.2) is 5.76 Å². The number of hydrogen-bond acceptors (Lipinski definition) is 4. The molecule has 0 spiro atoms. The van der Waals surface area contributed by atoms with E-state index in [1.807, 2.05) is 14.1 Å². The van der Waals surface area contributed by atoms with Gasteiger partial charge in [-0.2, -0.15) is 0 Å². The van der Waals surface area contributed by atoms with Crippen LogP contribution in [0.3, 0.4) is 0 Å². The molecule has 0 radical (unpaired) electrons. The number of amidine groups is 1. The summed E-state index contributed by atoms with van der Waals surface area (Å²) in [5.41, 5.74) is 0. The van der Waals surface area contributed by atoms with Gasteiger partial charge in [0.2, 0.25) is 5.78 Å². The van der Waals surface area contributed by atoms with Crippen molar-refractivity contribution in [2.24, 2.45) is 10.9 Å². The lowest BCUT2D eigenvalue weighted by Crippen LogP contribution is -2.35. The molecule has 1 atom stereocenters. The number of ketones is 1. The van der Waals surface area contributed by atoms with E-state index >= 15 is 0 Å². The first kappa shape index (κ1) is 8.77. The Bertz CT molecular complexity index is 266. The van der Waals surface area contributed by atoms with Gasteiger partial charge in [0.1, 0.15) is 5.84 Å². The van der Waals surface area contributed by atoms with E-state index in [0.29, 0.717) is 5.84 Å². The molecule has 0 aliphatic carbocycles. The molecule has 1 aliphatic rings. The molecule has 0 saturated heterocycles. The Kier molecular flexibility index (Phi) is 2.17. The van der Waals surface area contributed by atoms with E-state index in [1.165, 1.54) is 6.20 Å². The van der Waals surface area contributed by atoms with Crippen molar-refractivity contribution in [3.8, 4) is 0 Å². The van der Waals surface area contributed by atoms with Crippen molar-refractivity contribution in [1.82, 2.24) is 4.90 Å². The molecular formula is C8H12N2O2. The van der Waals surface area contributed by atoms with Gasteiger partial charge >= 0.3 is 0 Å². The number of allylic oxidation sites excluding steroid dienone is 1. The van der Waals surface area contributed by atoms with E-state index in [0.717, 1.165) is 0 Å². The van der Waals surface area contributed by atoms with Crippen molar-refractivity contribution in [3.05, 3.63) is 12.0 Å². The Balaban J connectivity index is 2.97. The van der Waals surface area contributed by atoms with E-state index in [-0.39, 0.29) is 17.5 Å². The summed E-state index contributed by atoms with van der Waals surface area (Å²) in [7, 11) is 3.64. The van der Waals surface area contributed by atoms with Crippen molar-refractivity contribution in [1.29, 1.82) is 0 Å². The Morgan fingerprint density at radius 1 is 1.58 bits per heavy atom. The van der Waals surface area contributed by atoms with Gasteiger partial charge in [-0.15, -0.1) is 0 Å². The molecular weight excluding hydrogens is 156 g/mol. The monoisotopic (exact) mass is 168 g/mol. The minimum absolute atomic E-state index is 0.256. The molecule has 0 bridgehead atoms. The SMILES string of the molecule is CC1C(=O)C(O)=CN=C1N(C)C. The minimum atomic E-state index is -0.343. The maximum absolute atomic E-state index is 11.2. The minimum Gasteiger partial charge on any atom is -0.503 e. The van der Waals surface area contributed by atoms with E-state index in [9.17, 15) is 4.79 Å². The zero-order chi connectivity index (χ0) is 9.30. The summed E-state index contributed by atoms with van der Waals surface area (Å²) < 4.78 is 0. The highest BCUT2D eigenvalue weighted by atomic mass is 16.3. The van der Waals surface area contributed by atoms with Crippen LogP contribution in [-0.2, 0) is 4.79 Å². The Labute approximate surface area is 71.2 Å². The molecule has 0 fully saturated rings. The van der Waals surface area contributed by atoms with Crippen molar-refractivity contribution < 1.29 is 9.90 Å². The van der Waals surface area contributed by atoms with E-state index in [1.54, 1.807) is 11.8 Å². The first-order chi connectivity index (χ1) is 5.54. The molecule has 1 heterocycles. The zero-order valence-corrected chi connectivity index (χ0v) is 7.40. The second-order valence-corrected chi connectivity index (χ2v) is 2.98. The lowest BCUT2D eigenvalue weighted by Gasteiger charge is -2.22. The molecule has 1 unspecified atom stereocenters. The van der Waals surface area contributed by atoms with Crippen LogP contribution in [0.5, 0.6) is 0 Å². The molecule has 0 amide bonds. The maximum Gasteiger partial charge on any atom is 0.209 e. The number of carbonyl (C=O) groups is 1. The van der Waals surface area contributed by atoms with Crippen LogP contribution >= 0.6 is 0 Å². The highest BCUT2D eigenvalue weighted by molar-refractivity contribution is 6.11. The van der Waals surface area contributed by atoms with Crippen LogP contribution in [-0.4, -0.2) is 35.7 Å². The van der Waals surface area contributed by atoms with Gasteiger partial charge in [0.25, 0.3) is 0 Å². The van der Waals surface area contributed by atoms with Crippen LogP contribution < -0.4 is 0 Å². The number of Topliss-reactive ketones (excluding diaryl/α,β-unsaturated/α-hetero) is 1. The third-order valence-corrected chi connectivity index (χ3v) is 1.81. The van der Waals surface area contributed by atoms with Crippen LogP contribution in [0.1, 0.15) is 6.92 Å². The smallest absolute Gasteiger partial charge is 0.209 e. The fourth-order valence-electron chi connectivity index (χ4n) is 1.14. The van der Waals surface area contributed by atoms with Gasteiger partial charge in [0.05, 0.1) is 12.1 Å². The summed E-state index contributed by atoms with van der Waals surface area (Å²) in [5, 5.41) is 9.03. The topological polar surface area (TPSA) is 52.9 Å². The van der Waals surface area contributed by atoms with E-state index < -0.39 is 0 Å². The average molecular weight is 168 g/mol. The summed E-state index contributed by atoms with van der Waals surface area (Å²) in [4.78, 5) is 16.9. The second kappa shape index (κ2) is 2.97. The van der Waals surface area contributed by atoms with E-state index in [4.69, 9.17) is 5.11 Å². The lowest BCUT2D eigenvalue weighted by atomic mass is 10.0. The molecule has 4 heteroatoms. The first-order valence-corrected chi connectivity index (χ1v) is 3.72. The van der Waals surface area contributed by atoms with Crippen LogP contribution in [0.2, 0.25) is 0 Å². The van der Waals surface area contributed by atoms with Crippen molar-refractivity contribution in [2.75, 3.05) is 14.1 Å². The number of nitrogens with zero attached hydrogens (tertiary/aromatic N) is 2. The first-order valence-electron chi connectivity index (χ1n) is 3.72. The van der Waals surface area contributed by atoms with Gasteiger partial charge in [0, 0.05) is 14.1 Å². The highest BCUT2D eigenvalue weighted by Crippen LogP contribution is 2.13. The molecule has 66 valence electrons. The van der Waals surface area contributed by atoms with Crippen molar-refractivity contribution >= 4 is 11.6 Å². The molecule has 0 aromatic heterocycles. The maximum atomic E-state index is 11.2. The van der Waals surface area contributed by atoms with Crippen LogP contribution in [0.25, 0.3) is 0 Å². The summed E-state index contributed by atoms with van der Waals surface area (Å²) in [6.07, 6.45) is 1.19. The molecule has 4 nitrogen and oxygen atoms in total. The Hall–Kier alpha value is -1.32. The van der Waals surface area contributed by atoms with Gasteiger partial charge in [-0.3, -0.25) is 4.79 Å². The summed E-state index contributed by atoms with van der Waals surface area (Å²) in [6.45, 7) is 1.73. The largest absolute Gasteiger partial charge is 0.503 e. The van der Waals surface area contributed by atoms with E-state index in [2.05, 4.69) is 4.99 Å². The number of aliphatic imine (C=N–C) groups is 1. The predicted octanol–water partition coefficient (Wildman–Crippen LogP) is 0.565. The summed E-state index contributed by atoms with van der Waals surface area (Å²) in [6, 6.07) is 0. The van der Waals surface area contributed by atoms with Crippen LogP contribution in [0, 0.1) is 5.92 Å². The third-order valence-electron chi connectivity index (χ3n) is 1.81. The Morgan fingerprint density at radius 2 is 2.17 bits per heavy atom. The number of carbonyl (C=O) groups excluding carboxylic acids is 1. The highest BCUT2D eigenvalue weighted by Gasteiger charge is 2.26. The standard InChI is InChI=1S/C8H12N2O2/c1-5-7(12)6(11)4-9-8(5)10(2)3/h4-5,11H,1-3H3. The number of aliphatic hydroxyl groups excluding tert-OH is 1. The lowest BCUT2D eigenvalue weighted by molar-refractivity contribution is -0.119. The molecule has 1 aliphatic heterocycles. The van der Waals surface area contributed by atoms with Crippen LogP contribution in [0.4, 0.5) is 0 Å². The predicted molar refractivity (Wildman–Crippen MR) is 46.0 cm³/mol. The zero-order valence-electron chi connectivity index (χ0n) is 7.40. The van der Waals surface area contributed by atoms with Gasteiger partial charge in [-0.05, 0) is 6.92 Å². The van der Waals surface area contributed by atoms with Gasteiger partial charge in [-0.1, -0.05) is 0 Å². The molecule has 0 aromatic rings. The quantitative estimate of drug-likeness (QED) is 0.575. The fourth-order valence-corrected chi connectivity index (χ4v) is 1.14. The molecule has 0 aromatic carbocycles. The second-order valence-electron chi connectivity index (χ2n) is 2.98. The number of hydrogen-bond donors (Lipinski definition) is 1. The van der Waals surface area contributed by atoms with Crippen molar-refractivity contribution in [3.63, 3.8) is 0 Å². The Morgan fingerprint density at radius 3 is 2.67 bits per heavy atom. The normalized spacial score (nSPS) is 23.2. The van der Waals surface area contributed by atoms with Gasteiger partial charge in [-0.25, -0.2) is 4.99 Å².